The summed E-state index contributed by atoms with van der Waals surface area (Å²) in [4.78, 5) is 18.6. The van der Waals surface area contributed by atoms with Crippen LogP contribution in [-0.4, -0.2) is 46.7 Å². The number of amides is 1. The molecular weight excluding hydrogens is 313 g/mol. The first-order chi connectivity index (χ1) is 11.5. The van der Waals surface area contributed by atoms with Crippen LogP contribution >= 0.6 is 0 Å². The molecule has 2 aromatic rings. The van der Waals surface area contributed by atoms with Crippen molar-refractivity contribution in [3.8, 4) is 11.5 Å². The van der Waals surface area contributed by atoms with Gasteiger partial charge in [-0.3, -0.25) is 4.79 Å². The first kappa shape index (κ1) is 16.6. The molecule has 1 aliphatic heterocycles. The van der Waals surface area contributed by atoms with Gasteiger partial charge in [0.25, 0.3) is 17.6 Å². The highest BCUT2D eigenvalue weighted by atomic mass is 19.1. The molecular formula is C17H20FN3O3. The predicted molar refractivity (Wildman–Crippen MR) is 84.8 cm³/mol. The lowest BCUT2D eigenvalue weighted by Crippen LogP contribution is -2.49. The van der Waals surface area contributed by atoms with Crippen molar-refractivity contribution in [1.82, 2.24) is 15.0 Å². The summed E-state index contributed by atoms with van der Waals surface area (Å²) in [6.45, 7) is 5.72. The second kappa shape index (κ2) is 7.09. The number of hydrogen-bond acceptors (Lipinski definition) is 5. The Kier molecular flexibility index (Phi) is 4.89. The van der Waals surface area contributed by atoms with Crippen molar-refractivity contribution >= 4 is 5.91 Å². The molecule has 1 fully saturated rings. The van der Waals surface area contributed by atoms with E-state index < -0.39 is 5.82 Å². The van der Waals surface area contributed by atoms with Crippen molar-refractivity contribution < 1.29 is 18.4 Å². The van der Waals surface area contributed by atoms with Crippen LogP contribution in [-0.2, 0) is 4.74 Å². The van der Waals surface area contributed by atoms with Crippen LogP contribution in [0.15, 0.2) is 28.8 Å². The van der Waals surface area contributed by atoms with Crippen LogP contribution in [0.25, 0.3) is 11.5 Å². The minimum atomic E-state index is -0.399. The van der Waals surface area contributed by atoms with E-state index in [0.29, 0.717) is 31.2 Å². The summed E-state index contributed by atoms with van der Waals surface area (Å²) in [6, 6.07) is 5.83. The highest BCUT2D eigenvalue weighted by Crippen LogP contribution is 2.21. The van der Waals surface area contributed by atoms with Gasteiger partial charge in [0.15, 0.2) is 0 Å². The Morgan fingerprint density at radius 3 is 3.04 bits per heavy atom. The van der Waals surface area contributed by atoms with E-state index in [1.54, 1.807) is 17.0 Å². The normalized spacial score (nSPS) is 18.2. The minimum Gasteiger partial charge on any atom is -0.377 e. The molecule has 0 aliphatic carbocycles. The lowest BCUT2D eigenvalue weighted by atomic mass is 10.0. The Balaban J connectivity index is 1.79. The van der Waals surface area contributed by atoms with Gasteiger partial charge in [0.05, 0.1) is 19.3 Å². The Morgan fingerprint density at radius 1 is 1.46 bits per heavy atom. The molecule has 0 spiro atoms. The van der Waals surface area contributed by atoms with Gasteiger partial charge in [0, 0.05) is 12.1 Å². The molecule has 0 radical (unpaired) electrons. The van der Waals surface area contributed by atoms with Crippen LogP contribution in [0.1, 0.15) is 30.9 Å². The van der Waals surface area contributed by atoms with Crippen LogP contribution in [0.3, 0.4) is 0 Å². The number of carbonyl (C=O) groups excluding carboxylic acids is 1. The summed E-state index contributed by atoms with van der Waals surface area (Å²) in [5.41, 5.74) is 0.447. The van der Waals surface area contributed by atoms with Gasteiger partial charge in [-0.05, 0) is 30.5 Å². The molecule has 0 saturated carbocycles. The number of aromatic nitrogens is 2. The molecule has 1 aliphatic rings. The summed E-state index contributed by atoms with van der Waals surface area (Å²) < 4.78 is 23.9. The van der Waals surface area contributed by atoms with E-state index in [1.807, 2.05) is 0 Å². The summed E-state index contributed by atoms with van der Waals surface area (Å²) in [5.74, 6) is -0.115. The maximum atomic E-state index is 13.3. The number of rotatable bonds is 4. The number of benzene rings is 1. The van der Waals surface area contributed by atoms with Gasteiger partial charge in [0.2, 0.25) is 0 Å². The zero-order chi connectivity index (χ0) is 17.1. The van der Waals surface area contributed by atoms with E-state index in [9.17, 15) is 9.18 Å². The van der Waals surface area contributed by atoms with Crippen molar-refractivity contribution in [1.29, 1.82) is 0 Å². The fourth-order valence-electron chi connectivity index (χ4n) is 2.84. The first-order valence-corrected chi connectivity index (χ1v) is 8.03. The van der Waals surface area contributed by atoms with Crippen LogP contribution in [0.5, 0.6) is 0 Å². The van der Waals surface area contributed by atoms with Gasteiger partial charge < -0.3 is 14.2 Å². The SMILES string of the molecule is CC(C)C[C@H]1COCCN1C(=O)c1noc(-c2cccc(F)c2)n1. The van der Waals surface area contributed by atoms with E-state index in [2.05, 4.69) is 24.0 Å². The highest BCUT2D eigenvalue weighted by Gasteiger charge is 2.31. The van der Waals surface area contributed by atoms with Crippen molar-refractivity contribution in [2.45, 2.75) is 26.3 Å². The van der Waals surface area contributed by atoms with E-state index in [-0.39, 0.29) is 23.7 Å². The van der Waals surface area contributed by atoms with E-state index in [4.69, 9.17) is 9.26 Å². The Hall–Kier alpha value is -2.28. The molecule has 6 nitrogen and oxygen atoms in total. The number of morpholine rings is 1. The smallest absolute Gasteiger partial charge is 0.295 e. The molecule has 1 atom stereocenters. The third-order valence-corrected chi connectivity index (χ3v) is 3.92. The van der Waals surface area contributed by atoms with Crippen LogP contribution in [0, 0.1) is 11.7 Å². The standard InChI is InChI=1S/C17H20FN3O3/c1-11(2)8-14-10-23-7-6-21(14)17(22)15-19-16(24-20-15)12-4-3-5-13(18)9-12/h3-5,9,11,14H,6-8,10H2,1-2H3/t14-/m0/s1. The molecule has 0 N–H and O–H groups in total. The molecule has 1 saturated heterocycles. The monoisotopic (exact) mass is 333 g/mol. The quantitative estimate of drug-likeness (QED) is 0.860. The van der Waals surface area contributed by atoms with Gasteiger partial charge in [-0.2, -0.15) is 4.98 Å². The Bertz CT molecular complexity index is 717. The molecule has 3 rings (SSSR count). The van der Waals surface area contributed by atoms with Crippen molar-refractivity contribution in [2.75, 3.05) is 19.8 Å². The number of nitrogens with zero attached hydrogens (tertiary/aromatic N) is 3. The molecule has 128 valence electrons. The fourth-order valence-corrected chi connectivity index (χ4v) is 2.84. The van der Waals surface area contributed by atoms with Gasteiger partial charge in [-0.15, -0.1) is 0 Å². The summed E-state index contributed by atoms with van der Waals surface area (Å²) in [7, 11) is 0. The zero-order valence-corrected chi connectivity index (χ0v) is 13.7. The Labute approximate surface area is 139 Å². The highest BCUT2D eigenvalue weighted by molar-refractivity contribution is 5.91. The third kappa shape index (κ3) is 3.62. The van der Waals surface area contributed by atoms with Crippen molar-refractivity contribution in [3.05, 3.63) is 35.9 Å². The summed E-state index contributed by atoms with van der Waals surface area (Å²) in [5, 5.41) is 3.77. The lowest BCUT2D eigenvalue weighted by molar-refractivity contribution is -0.00820. The molecule has 1 aromatic heterocycles. The first-order valence-electron chi connectivity index (χ1n) is 8.03. The van der Waals surface area contributed by atoms with Crippen LogP contribution in [0.2, 0.25) is 0 Å². The third-order valence-electron chi connectivity index (χ3n) is 3.92. The van der Waals surface area contributed by atoms with Crippen molar-refractivity contribution in [2.24, 2.45) is 5.92 Å². The lowest BCUT2D eigenvalue weighted by Gasteiger charge is -2.35. The molecule has 1 aromatic carbocycles. The summed E-state index contributed by atoms with van der Waals surface area (Å²) >= 11 is 0. The maximum absolute atomic E-state index is 13.3. The average molecular weight is 333 g/mol. The minimum absolute atomic E-state index is 0.00219. The fraction of sp³-hybridized carbons (Fsp3) is 0.471. The van der Waals surface area contributed by atoms with Crippen LogP contribution < -0.4 is 0 Å². The van der Waals surface area contributed by atoms with Gasteiger partial charge in [0.1, 0.15) is 5.82 Å². The van der Waals surface area contributed by atoms with E-state index >= 15 is 0 Å². The van der Waals surface area contributed by atoms with Gasteiger partial charge in [-0.1, -0.05) is 25.1 Å². The molecule has 0 bridgehead atoms. The Morgan fingerprint density at radius 2 is 2.29 bits per heavy atom. The van der Waals surface area contributed by atoms with E-state index in [0.717, 1.165) is 6.42 Å². The zero-order valence-electron chi connectivity index (χ0n) is 13.7. The number of carbonyl (C=O) groups is 1. The number of halogens is 1. The molecule has 7 heteroatoms. The molecule has 2 heterocycles. The maximum Gasteiger partial charge on any atom is 0.295 e. The van der Waals surface area contributed by atoms with Gasteiger partial charge in [-0.25, -0.2) is 4.39 Å². The molecule has 1 amide bonds. The molecule has 0 unspecified atom stereocenters. The van der Waals surface area contributed by atoms with Crippen LogP contribution in [0.4, 0.5) is 4.39 Å². The second-order valence-corrected chi connectivity index (χ2v) is 6.29. The van der Waals surface area contributed by atoms with Crippen molar-refractivity contribution in [3.63, 3.8) is 0 Å². The predicted octanol–water partition coefficient (Wildman–Crippen LogP) is 2.76. The van der Waals surface area contributed by atoms with E-state index in [1.165, 1.54) is 12.1 Å². The number of ether oxygens (including phenoxy) is 1. The van der Waals surface area contributed by atoms with Gasteiger partial charge >= 0.3 is 0 Å². The number of hydrogen-bond donors (Lipinski definition) is 0. The topological polar surface area (TPSA) is 68.5 Å². The summed E-state index contributed by atoms with van der Waals surface area (Å²) in [6.07, 6.45) is 0.848. The average Bonchev–Trinajstić information content (AvgIpc) is 3.04. The molecule has 24 heavy (non-hydrogen) atoms. The second-order valence-electron chi connectivity index (χ2n) is 6.29. The largest absolute Gasteiger partial charge is 0.377 e.